The van der Waals surface area contributed by atoms with Crippen LogP contribution in [0.1, 0.15) is 12.8 Å². The number of hydrogen-bond donors (Lipinski definition) is 2. The Balaban J connectivity index is 1.92. The maximum absolute atomic E-state index is 11.2. The third-order valence-corrected chi connectivity index (χ3v) is 5.90. The quantitative estimate of drug-likeness (QED) is 0.301. The minimum absolute atomic E-state index is 0.0981. The van der Waals surface area contributed by atoms with Crippen molar-refractivity contribution in [3.8, 4) is 11.5 Å². The van der Waals surface area contributed by atoms with Crippen molar-refractivity contribution in [3.63, 3.8) is 0 Å². The molecule has 0 aliphatic heterocycles. The Bertz CT molecular complexity index is 976. The van der Waals surface area contributed by atoms with Crippen molar-refractivity contribution in [2.75, 3.05) is 46.8 Å². The van der Waals surface area contributed by atoms with E-state index in [2.05, 4.69) is 4.57 Å². The predicted molar refractivity (Wildman–Crippen MR) is 120 cm³/mol. The molecule has 0 saturated carbocycles. The van der Waals surface area contributed by atoms with Crippen molar-refractivity contribution in [1.82, 2.24) is 4.57 Å². The van der Waals surface area contributed by atoms with Crippen molar-refractivity contribution in [1.29, 1.82) is 0 Å². The molecule has 0 aliphatic carbocycles. The van der Waals surface area contributed by atoms with Crippen molar-refractivity contribution >= 4 is 29.4 Å². The summed E-state index contributed by atoms with van der Waals surface area (Å²) < 4.78 is 35.0. The molecule has 0 amide bonds. The van der Waals surface area contributed by atoms with Crippen molar-refractivity contribution in [2.24, 2.45) is 0 Å². The lowest BCUT2D eigenvalue weighted by molar-refractivity contribution is 0.146. The van der Waals surface area contributed by atoms with E-state index < -0.39 is 7.60 Å². The zero-order valence-electron chi connectivity index (χ0n) is 18.0. The third-order valence-electron chi connectivity index (χ3n) is 5.00. The molecule has 0 bridgehead atoms. The maximum atomic E-state index is 11.2. The normalized spacial score (nSPS) is 12.0. The standard InChI is InChI=1S/C22H30NO7P/c1-27-10-12-29-17-5-7-21-19(15-17)20-16-18(30-13-11-28-2)6-8-22(20)23(21)9-3-4-14-31(24,25)26/h5-8,15-16H,3-4,9-14H2,1-2H3,(H2,24,25,26). The molecule has 0 unspecified atom stereocenters. The van der Waals surface area contributed by atoms with Gasteiger partial charge in [0.15, 0.2) is 0 Å². The van der Waals surface area contributed by atoms with Crippen molar-refractivity contribution in [2.45, 2.75) is 19.4 Å². The molecule has 9 heteroatoms. The van der Waals surface area contributed by atoms with Crippen LogP contribution < -0.4 is 9.47 Å². The second-order valence-electron chi connectivity index (χ2n) is 7.29. The van der Waals surface area contributed by atoms with Crippen LogP contribution in [0, 0.1) is 0 Å². The summed E-state index contributed by atoms with van der Waals surface area (Å²) in [4.78, 5) is 18.2. The zero-order valence-corrected chi connectivity index (χ0v) is 18.8. The monoisotopic (exact) mass is 451 g/mol. The molecule has 31 heavy (non-hydrogen) atoms. The van der Waals surface area contributed by atoms with Crippen LogP contribution >= 0.6 is 7.60 Å². The molecule has 0 spiro atoms. The van der Waals surface area contributed by atoms with Gasteiger partial charge in [0.2, 0.25) is 0 Å². The SMILES string of the molecule is COCCOc1ccc2c(c1)c1cc(OCCOC)ccc1n2CCCCP(=O)(O)O. The summed E-state index contributed by atoms with van der Waals surface area (Å²) in [7, 11) is -0.698. The van der Waals surface area contributed by atoms with Gasteiger partial charge in [-0.05, 0) is 49.2 Å². The Labute approximate surface area is 181 Å². The van der Waals surface area contributed by atoms with Gasteiger partial charge in [-0.2, -0.15) is 0 Å². The first kappa shape index (κ1) is 23.6. The van der Waals surface area contributed by atoms with E-state index in [9.17, 15) is 4.57 Å². The van der Waals surface area contributed by atoms with Gasteiger partial charge < -0.3 is 33.3 Å². The number of aromatic nitrogens is 1. The van der Waals surface area contributed by atoms with Crippen molar-refractivity contribution < 1.29 is 33.3 Å². The molecule has 1 heterocycles. The summed E-state index contributed by atoms with van der Waals surface area (Å²) in [5.41, 5.74) is 2.08. The summed E-state index contributed by atoms with van der Waals surface area (Å²) >= 11 is 0. The minimum Gasteiger partial charge on any atom is -0.491 e. The molecule has 3 rings (SSSR count). The first-order valence-electron chi connectivity index (χ1n) is 10.3. The van der Waals surface area contributed by atoms with Crippen LogP contribution in [0.4, 0.5) is 0 Å². The van der Waals surface area contributed by atoms with Gasteiger partial charge in [-0.15, -0.1) is 0 Å². The summed E-state index contributed by atoms with van der Waals surface area (Å²) in [6.07, 6.45) is 1.03. The highest BCUT2D eigenvalue weighted by molar-refractivity contribution is 7.51. The van der Waals surface area contributed by atoms with E-state index in [4.69, 9.17) is 28.7 Å². The van der Waals surface area contributed by atoms with E-state index in [1.807, 2.05) is 36.4 Å². The molecular weight excluding hydrogens is 421 g/mol. The summed E-state index contributed by atoms with van der Waals surface area (Å²) in [6, 6.07) is 11.9. The van der Waals surface area contributed by atoms with Crippen LogP contribution in [-0.2, 0) is 20.6 Å². The minimum atomic E-state index is -3.97. The molecule has 2 N–H and O–H groups in total. The van der Waals surface area contributed by atoms with E-state index in [0.717, 1.165) is 33.3 Å². The lowest BCUT2D eigenvalue weighted by Gasteiger charge is -2.09. The highest BCUT2D eigenvalue weighted by Gasteiger charge is 2.15. The van der Waals surface area contributed by atoms with Crippen LogP contribution in [0.3, 0.4) is 0 Å². The van der Waals surface area contributed by atoms with E-state index >= 15 is 0 Å². The number of aryl methyl sites for hydroxylation is 1. The Morgan fingerprint density at radius 2 is 1.32 bits per heavy atom. The topological polar surface area (TPSA) is 99.4 Å². The summed E-state index contributed by atoms with van der Waals surface area (Å²) in [5.74, 6) is 1.52. The molecule has 2 aromatic carbocycles. The van der Waals surface area contributed by atoms with E-state index in [-0.39, 0.29) is 6.16 Å². The number of nitrogens with zero attached hydrogens (tertiary/aromatic N) is 1. The molecule has 3 aromatic rings. The van der Waals surface area contributed by atoms with Crippen LogP contribution in [0.25, 0.3) is 21.8 Å². The number of hydrogen-bond acceptors (Lipinski definition) is 5. The average Bonchev–Trinajstić information content (AvgIpc) is 3.03. The van der Waals surface area contributed by atoms with Crippen molar-refractivity contribution in [3.05, 3.63) is 36.4 Å². The van der Waals surface area contributed by atoms with Gasteiger partial charge in [0.1, 0.15) is 24.7 Å². The lowest BCUT2D eigenvalue weighted by Crippen LogP contribution is -2.04. The second kappa shape index (κ2) is 11.0. The molecule has 0 atom stereocenters. The van der Waals surface area contributed by atoms with Gasteiger partial charge in [0.25, 0.3) is 0 Å². The summed E-state index contributed by atoms with van der Waals surface area (Å²) in [5, 5.41) is 2.08. The first-order chi connectivity index (χ1) is 14.9. The van der Waals surface area contributed by atoms with Crippen LogP contribution in [0.5, 0.6) is 11.5 Å². The number of unbranched alkanes of at least 4 members (excludes halogenated alkanes) is 1. The molecule has 0 radical (unpaired) electrons. The molecule has 170 valence electrons. The fraction of sp³-hybridized carbons (Fsp3) is 0.455. The number of fused-ring (bicyclic) bond motifs is 3. The molecule has 1 aromatic heterocycles. The van der Waals surface area contributed by atoms with E-state index in [1.165, 1.54) is 0 Å². The fourth-order valence-electron chi connectivity index (χ4n) is 3.56. The molecule has 0 fully saturated rings. The highest BCUT2D eigenvalue weighted by Crippen LogP contribution is 2.37. The van der Waals surface area contributed by atoms with E-state index in [1.54, 1.807) is 14.2 Å². The number of benzene rings is 2. The smallest absolute Gasteiger partial charge is 0.325 e. The van der Waals surface area contributed by atoms with Crippen LogP contribution in [0.2, 0.25) is 0 Å². The van der Waals surface area contributed by atoms with Crippen LogP contribution in [-0.4, -0.2) is 61.2 Å². The van der Waals surface area contributed by atoms with Gasteiger partial charge >= 0.3 is 7.60 Å². The third kappa shape index (κ3) is 6.45. The summed E-state index contributed by atoms with van der Waals surface area (Å²) in [6.45, 7) is 2.62. The average molecular weight is 451 g/mol. The Morgan fingerprint density at radius 1 is 0.806 bits per heavy atom. The number of ether oxygens (including phenoxy) is 4. The Morgan fingerprint density at radius 3 is 1.77 bits per heavy atom. The Kier molecular flexibility index (Phi) is 8.35. The van der Waals surface area contributed by atoms with Gasteiger partial charge in [-0.1, -0.05) is 0 Å². The van der Waals surface area contributed by atoms with E-state index in [0.29, 0.717) is 45.8 Å². The molecule has 0 saturated heterocycles. The fourth-order valence-corrected chi connectivity index (χ4v) is 4.19. The number of rotatable bonds is 13. The maximum Gasteiger partial charge on any atom is 0.325 e. The molecular formula is C22H30NO7P. The zero-order chi connectivity index (χ0) is 22.3. The second-order valence-corrected chi connectivity index (χ2v) is 9.06. The number of methoxy groups -OCH3 is 2. The van der Waals surface area contributed by atoms with Crippen LogP contribution in [0.15, 0.2) is 36.4 Å². The lowest BCUT2D eigenvalue weighted by atomic mass is 10.1. The van der Waals surface area contributed by atoms with Gasteiger partial charge in [-0.25, -0.2) is 0 Å². The molecule has 8 nitrogen and oxygen atoms in total. The molecule has 0 aliphatic rings. The largest absolute Gasteiger partial charge is 0.491 e. The highest BCUT2D eigenvalue weighted by atomic mass is 31.2. The van der Waals surface area contributed by atoms with Gasteiger partial charge in [-0.3, -0.25) is 4.57 Å². The van der Waals surface area contributed by atoms with Gasteiger partial charge in [0, 0.05) is 48.7 Å². The Hall–Kier alpha value is -2.09. The van der Waals surface area contributed by atoms with Gasteiger partial charge in [0.05, 0.1) is 13.2 Å². The predicted octanol–water partition coefficient (Wildman–Crippen LogP) is 3.80. The first-order valence-corrected chi connectivity index (χ1v) is 12.1.